The molecule has 5 nitrogen and oxygen atoms in total. The fraction of sp³-hybridized carbons (Fsp3) is 0.280. The number of ether oxygens (including phenoxy) is 2. The number of pyridine rings is 1. The van der Waals surface area contributed by atoms with Crippen LogP contribution in [0.5, 0.6) is 17.2 Å². The molecule has 0 aliphatic rings. The van der Waals surface area contributed by atoms with Crippen molar-refractivity contribution in [3.8, 4) is 17.2 Å². The number of nitrogens with zero attached hydrogens (tertiary/aromatic N) is 1. The van der Waals surface area contributed by atoms with Gasteiger partial charge in [-0.15, -0.1) is 0 Å². The topological polar surface area (TPSA) is 60.5 Å². The summed E-state index contributed by atoms with van der Waals surface area (Å²) < 4.78 is 11.6. The van der Waals surface area contributed by atoms with Crippen LogP contribution < -0.4 is 14.8 Å². The predicted octanol–water partition coefficient (Wildman–Crippen LogP) is 6.18. The smallest absolute Gasteiger partial charge is 0.257 e. The lowest BCUT2D eigenvalue weighted by Crippen LogP contribution is -2.14. The Morgan fingerprint density at radius 2 is 1.67 bits per heavy atom. The van der Waals surface area contributed by atoms with Crippen LogP contribution in [0.2, 0.25) is 0 Å². The molecule has 0 fully saturated rings. The lowest BCUT2D eigenvalue weighted by Gasteiger charge is -2.11. The zero-order chi connectivity index (χ0) is 21.3. The maximum Gasteiger partial charge on any atom is 0.257 e. The molecule has 1 heterocycles. The third kappa shape index (κ3) is 5.83. The Hall–Kier alpha value is -3.34. The molecule has 0 aliphatic heterocycles. The first-order valence-corrected chi connectivity index (χ1v) is 10.4. The Balaban J connectivity index is 1.69. The van der Waals surface area contributed by atoms with Crippen LogP contribution in [0.15, 0.2) is 60.7 Å². The van der Waals surface area contributed by atoms with Crippen LogP contribution in [0, 0.1) is 6.92 Å². The average molecular weight is 405 g/mol. The third-order valence-electron chi connectivity index (χ3n) is 4.50. The van der Waals surface area contributed by atoms with E-state index in [4.69, 9.17) is 9.47 Å². The van der Waals surface area contributed by atoms with E-state index in [9.17, 15) is 4.79 Å². The molecular formula is C25H28N2O3. The van der Waals surface area contributed by atoms with Crippen molar-refractivity contribution in [3.05, 3.63) is 77.6 Å². The number of anilines is 1. The SMILES string of the molecule is CCCOc1cccc(Oc2cccc(NC(=O)c3ccc(CCC)nc3C)c2)c1. The van der Waals surface area contributed by atoms with Crippen LogP contribution in [-0.4, -0.2) is 17.5 Å². The molecule has 2 aromatic carbocycles. The van der Waals surface area contributed by atoms with Crippen molar-refractivity contribution in [1.29, 1.82) is 0 Å². The summed E-state index contributed by atoms with van der Waals surface area (Å²) in [4.78, 5) is 17.2. The number of nitrogens with one attached hydrogen (secondary N) is 1. The molecular weight excluding hydrogens is 376 g/mol. The maximum atomic E-state index is 12.7. The van der Waals surface area contributed by atoms with Crippen molar-refractivity contribution >= 4 is 11.6 Å². The van der Waals surface area contributed by atoms with E-state index in [1.165, 1.54) is 0 Å². The average Bonchev–Trinajstić information content (AvgIpc) is 2.73. The van der Waals surface area contributed by atoms with E-state index in [-0.39, 0.29) is 5.91 Å². The van der Waals surface area contributed by atoms with Crippen LogP contribution in [0.25, 0.3) is 0 Å². The van der Waals surface area contributed by atoms with E-state index in [1.54, 1.807) is 6.07 Å². The summed E-state index contributed by atoms with van der Waals surface area (Å²) in [7, 11) is 0. The highest BCUT2D eigenvalue weighted by Crippen LogP contribution is 2.27. The molecule has 0 aliphatic carbocycles. The van der Waals surface area contributed by atoms with Gasteiger partial charge in [-0.25, -0.2) is 0 Å². The van der Waals surface area contributed by atoms with E-state index in [2.05, 4.69) is 24.1 Å². The van der Waals surface area contributed by atoms with Crippen molar-refractivity contribution in [2.24, 2.45) is 0 Å². The number of rotatable bonds is 9. The van der Waals surface area contributed by atoms with Crippen molar-refractivity contribution in [2.75, 3.05) is 11.9 Å². The number of hydrogen-bond acceptors (Lipinski definition) is 4. The maximum absolute atomic E-state index is 12.7. The van der Waals surface area contributed by atoms with Gasteiger partial charge >= 0.3 is 0 Å². The first kappa shape index (κ1) is 21.4. The number of aryl methyl sites for hydroxylation is 2. The summed E-state index contributed by atoms with van der Waals surface area (Å²) in [6.07, 6.45) is 2.88. The molecule has 30 heavy (non-hydrogen) atoms. The van der Waals surface area contributed by atoms with Crippen molar-refractivity contribution in [1.82, 2.24) is 4.98 Å². The lowest BCUT2D eigenvalue weighted by atomic mass is 10.1. The Labute approximate surface area is 178 Å². The molecule has 0 saturated heterocycles. The second kappa shape index (κ2) is 10.4. The molecule has 3 rings (SSSR count). The lowest BCUT2D eigenvalue weighted by molar-refractivity contribution is 0.102. The number of aromatic nitrogens is 1. The summed E-state index contributed by atoms with van der Waals surface area (Å²) >= 11 is 0. The van der Waals surface area contributed by atoms with E-state index < -0.39 is 0 Å². The Morgan fingerprint density at radius 3 is 2.40 bits per heavy atom. The zero-order valence-corrected chi connectivity index (χ0v) is 17.8. The highest BCUT2D eigenvalue weighted by atomic mass is 16.5. The molecule has 0 saturated carbocycles. The predicted molar refractivity (Wildman–Crippen MR) is 120 cm³/mol. The van der Waals surface area contributed by atoms with Crippen LogP contribution >= 0.6 is 0 Å². The Bertz CT molecular complexity index is 1000. The van der Waals surface area contributed by atoms with Crippen LogP contribution in [0.1, 0.15) is 48.4 Å². The standard InChI is InChI=1S/C25H28N2O3/c1-4-8-19-13-14-24(18(3)26-19)25(28)27-20-9-6-11-22(16-20)30-23-12-7-10-21(17-23)29-15-5-2/h6-7,9-14,16-17H,4-5,8,15H2,1-3H3,(H,27,28). The first-order chi connectivity index (χ1) is 14.6. The van der Waals surface area contributed by atoms with Crippen molar-refractivity contribution in [2.45, 2.75) is 40.0 Å². The van der Waals surface area contributed by atoms with Crippen LogP contribution in [-0.2, 0) is 6.42 Å². The largest absolute Gasteiger partial charge is 0.493 e. The fourth-order valence-electron chi connectivity index (χ4n) is 3.07. The molecule has 1 aromatic heterocycles. The molecule has 1 amide bonds. The normalized spacial score (nSPS) is 10.5. The van der Waals surface area contributed by atoms with Gasteiger partial charge in [0.25, 0.3) is 5.91 Å². The molecule has 0 spiro atoms. The number of carbonyl (C=O) groups excluding carboxylic acids is 1. The summed E-state index contributed by atoms with van der Waals surface area (Å²) in [6.45, 7) is 6.71. The Morgan fingerprint density at radius 1 is 0.933 bits per heavy atom. The van der Waals surface area contributed by atoms with Gasteiger partial charge in [-0.05, 0) is 56.2 Å². The van der Waals surface area contributed by atoms with Crippen molar-refractivity contribution in [3.63, 3.8) is 0 Å². The van der Waals surface area contributed by atoms with Gasteiger partial charge in [0.1, 0.15) is 17.2 Å². The van der Waals surface area contributed by atoms with Gasteiger partial charge < -0.3 is 14.8 Å². The van der Waals surface area contributed by atoms with Gasteiger partial charge in [-0.1, -0.05) is 32.4 Å². The van der Waals surface area contributed by atoms with Crippen molar-refractivity contribution < 1.29 is 14.3 Å². The molecule has 156 valence electrons. The minimum absolute atomic E-state index is 0.185. The third-order valence-corrected chi connectivity index (χ3v) is 4.50. The molecule has 3 aromatic rings. The first-order valence-electron chi connectivity index (χ1n) is 10.4. The van der Waals surface area contributed by atoms with Gasteiger partial charge in [0, 0.05) is 23.5 Å². The summed E-state index contributed by atoms with van der Waals surface area (Å²) in [6, 6.07) is 18.6. The number of hydrogen-bond donors (Lipinski definition) is 1. The van der Waals surface area contributed by atoms with E-state index in [1.807, 2.05) is 61.5 Å². The molecule has 0 bridgehead atoms. The van der Waals surface area contributed by atoms with Crippen LogP contribution in [0.4, 0.5) is 5.69 Å². The fourth-order valence-corrected chi connectivity index (χ4v) is 3.07. The van der Waals surface area contributed by atoms with Gasteiger partial charge in [-0.3, -0.25) is 9.78 Å². The number of amides is 1. The quantitative estimate of drug-likeness (QED) is 0.463. The van der Waals surface area contributed by atoms with E-state index in [0.717, 1.165) is 36.4 Å². The summed E-state index contributed by atoms with van der Waals surface area (Å²) in [5, 5.41) is 2.93. The summed E-state index contributed by atoms with van der Waals surface area (Å²) in [5.41, 5.74) is 2.97. The monoisotopic (exact) mass is 404 g/mol. The van der Waals surface area contributed by atoms with Gasteiger partial charge in [0.05, 0.1) is 17.9 Å². The second-order valence-electron chi connectivity index (χ2n) is 7.09. The molecule has 5 heteroatoms. The number of benzene rings is 2. The second-order valence-corrected chi connectivity index (χ2v) is 7.09. The highest BCUT2D eigenvalue weighted by molar-refractivity contribution is 6.05. The molecule has 0 unspecified atom stereocenters. The number of carbonyl (C=O) groups is 1. The minimum atomic E-state index is -0.185. The molecule has 0 radical (unpaired) electrons. The zero-order valence-electron chi connectivity index (χ0n) is 17.8. The van der Waals surface area contributed by atoms with Gasteiger partial charge in [0.2, 0.25) is 0 Å². The minimum Gasteiger partial charge on any atom is -0.493 e. The molecule has 1 N–H and O–H groups in total. The van der Waals surface area contributed by atoms with Gasteiger partial charge in [0.15, 0.2) is 0 Å². The highest BCUT2D eigenvalue weighted by Gasteiger charge is 2.12. The summed E-state index contributed by atoms with van der Waals surface area (Å²) in [5.74, 6) is 1.90. The van der Waals surface area contributed by atoms with Crippen LogP contribution in [0.3, 0.4) is 0 Å². The van der Waals surface area contributed by atoms with E-state index in [0.29, 0.717) is 29.4 Å². The van der Waals surface area contributed by atoms with Gasteiger partial charge in [-0.2, -0.15) is 0 Å². The Kier molecular flexibility index (Phi) is 7.44. The van der Waals surface area contributed by atoms with E-state index >= 15 is 0 Å². The molecule has 0 atom stereocenters.